The number of hydrogen-bond donors (Lipinski definition) is 1. The Balaban J connectivity index is 1.65. The number of nitrogens with zero attached hydrogens (tertiary/aromatic N) is 2. The van der Waals surface area contributed by atoms with Crippen molar-refractivity contribution in [3.8, 4) is 11.3 Å². The van der Waals surface area contributed by atoms with Gasteiger partial charge in [0.15, 0.2) is 5.16 Å². The number of thioether (sulfide) groups is 1. The van der Waals surface area contributed by atoms with Crippen molar-refractivity contribution < 1.29 is 9.18 Å². The Hall–Kier alpha value is -2.73. The molecule has 1 aromatic heterocycles. The average molecular weight is 353 g/mol. The van der Waals surface area contributed by atoms with Gasteiger partial charge in [0.2, 0.25) is 5.91 Å². The minimum absolute atomic E-state index is 0.176. The Bertz CT molecular complexity index is 870. The van der Waals surface area contributed by atoms with E-state index >= 15 is 0 Å². The molecule has 0 aliphatic rings. The van der Waals surface area contributed by atoms with E-state index in [0.29, 0.717) is 10.8 Å². The summed E-state index contributed by atoms with van der Waals surface area (Å²) in [7, 11) is 0. The van der Waals surface area contributed by atoms with Gasteiger partial charge in [0.25, 0.3) is 0 Å². The molecular weight excluding hydrogens is 337 g/mol. The molecule has 0 radical (unpaired) electrons. The highest BCUT2D eigenvalue weighted by Crippen LogP contribution is 2.21. The van der Waals surface area contributed by atoms with Crippen LogP contribution in [0.15, 0.2) is 65.8 Å². The van der Waals surface area contributed by atoms with Gasteiger partial charge in [0.1, 0.15) is 5.82 Å². The van der Waals surface area contributed by atoms with Crippen LogP contribution in [0.2, 0.25) is 0 Å². The van der Waals surface area contributed by atoms with Gasteiger partial charge in [-0.25, -0.2) is 14.4 Å². The Labute approximate surface area is 149 Å². The number of aromatic nitrogens is 2. The molecule has 1 amide bonds. The van der Waals surface area contributed by atoms with E-state index in [1.54, 1.807) is 0 Å². The molecule has 2 aromatic carbocycles. The number of carbonyl (C=O) groups is 1. The summed E-state index contributed by atoms with van der Waals surface area (Å²) in [5.74, 6) is -0.355. The van der Waals surface area contributed by atoms with Crippen LogP contribution in [-0.2, 0) is 4.79 Å². The van der Waals surface area contributed by atoms with Crippen LogP contribution in [0.5, 0.6) is 0 Å². The van der Waals surface area contributed by atoms with Crippen LogP contribution in [0.25, 0.3) is 11.3 Å². The zero-order chi connectivity index (χ0) is 17.6. The van der Waals surface area contributed by atoms with Crippen molar-refractivity contribution in [1.82, 2.24) is 9.97 Å². The Morgan fingerprint density at radius 3 is 2.52 bits per heavy atom. The van der Waals surface area contributed by atoms with Crippen molar-refractivity contribution in [2.24, 2.45) is 0 Å². The van der Waals surface area contributed by atoms with E-state index in [9.17, 15) is 9.18 Å². The van der Waals surface area contributed by atoms with Crippen molar-refractivity contribution in [3.63, 3.8) is 0 Å². The molecule has 25 heavy (non-hydrogen) atoms. The topological polar surface area (TPSA) is 54.9 Å². The Morgan fingerprint density at radius 2 is 1.80 bits per heavy atom. The summed E-state index contributed by atoms with van der Waals surface area (Å²) < 4.78 is 12.9. The highest BCUT2D eigenvalue weighted by Gasteiger charge is 2.09. The maximum absolute atomic E-state index is 12.9. The lowest BCUT2D eigenvalue weighted by Gasteiger charge is -2.07. The van der Waals surface area contributed by atoms with Gasteiger partial charge in [0.05, 0.1) is 11.4 Å². The first-order valence-electron chi connectivity index (χ1n) is 7.69. The fraction of sp³-hybridized carbons (Fsp3) is 0.105. The van der Waals surface area contributed by atoms with E-state index in [2.05, 4.69) is 15.3 Å². The predicted molar refractivity (Wildman–Crippen MR) is 98.0 cm³/mol. The number of nitrogens with one attached hydrogen (secondary N) is 1. The van der Waals surface area contributed by atoms with Crippen LogP contribution in [0, 0.1) is 12.7 Å². The fourth-order valence-electron chi connectivity index (χ4n) is 2.22. The molecule has 1 heterocycles. The third kappa shape index (κ3) is 4.87. The normalized spacial score (nSPS) is 10.5. The lowest BCUT2D eigenvalue weighted by Crippen LogP contribution is -2.14. The highest BCUT2D eigenvalue weighted by atomic mass is 32.2. The van der Waals surface area contributed by atoms with E-state index in [1.807, 2.05) is 43.3 Å². The molecule has 0 saturated carbocycles. The van der Waals surface area contributed by atoms with Crippen LogP contribution in [0.4, 0.5) is 10.1 Å². The molecule has 1 N–H and O–H groups in total. The molecular formula is C19H16FN3OS. The summed E-state index contributed by atoms with van der Waals surface area (Å²) in [4.78, 5) is 20.9. The number of carbonyl (C=O) groups excluding carboxylic acids is 1. The molecule has 0 aliphatic carbocycles. The standard InChI is InChI=1S/C19H16FN3OS/c1-13-11-17(14-5-3-2-4-6-14)23-19(21-13)25-12-18(24)22-16-9-7-15(20)8-10-16/h2-11H,12H2,1H3,(H,22,24). The SMILES string of the molecule is Cc1cc(-c2ccccc2)nc(SCC(=O)Nc2ccc(F)cc2)n1. The largest absolute Gasteiger partial charge is 0.325 e. The molecule has 0 saturated heterocycles. The van der Waals surface area contributed by atoms with Crippen molar-refractivity contribution in [3.05, 3.63) is 72.2 Å². The lowest BCUT2D eigenvalue weighted by atomic mass is 10.1. The average Bonchev–Trinajstić information content (AvgIpc) is 2.62. The van der Waals surface area contributed by atoms with Gasteiger partial charge < -0.3 is 5.32 Å². The quantitative estimate of drug-likeness (QED) is 0.548. The maximum atomic E-state index is 12.9. The number of halogens is 1. The van der Waals surface area contributed by atoms with Crippen LogP contribution < -0.4 is 5.32 Å². The van der Waals surface area contributed by atoms with Crippen molar-refractivity contribution in [1.29, 1.82) is 0 Å². The van der Waals surface area contributed by atoms with E-state index in [0.717, 1.165) is 17.0 Å². The van der Waals surface area contributed by atoms with Gasteiger partial charge in [-0.2, -0.15) is 0 Å². The molecule has 0 aliphatic heterocycles. The first-order chi connectivity index (χ1) is 12.1. The molecule has 0 atom stereocenters. The van der Waals surface area contributed by atoms with Crippen molar-refractivity contribution >= 4 is 23.4 Å². The second-order valence-electron chi connectivity index (χ2n) is 5.39. The lowest BCUT2D eigenvalue weighted by molar-refractivity contribution is -0.113. The fourth-order valence-corrected chi connectivity index (χ4v) is 2.93. The summed E-state index contributed by atoms with van der Waals surface area (Å²) in [5, 5.41) is 3.27. The summed E-state index contributed by atoms with van der Waals surface area (Å²) in [5.41, 5.74) is 3.23. The Morgan fingerprint density at radius 1 is 1.08 bits per heavy atom. The van der Waals surface area contributed by atoms with E-state index in [4.69, 9.17) is 0 Å². The maximum Gasteiger partial charge on any atom is 0.234 e. The Kier molecular flexibility index (Phi) is 5.40. The smallest absolute Gasteiger partial charge is 0.234 e. The summed E-state index contributed by atoms with van der Waals surface area (Å²) in [6.07, 6.45) is 0. The molecule has 0 unspecified atom stereocenters. The number of hydrogen-bond acceptors (Lipinski definition) is 4. The number of amides is 1. The molecule has 6 heteroatoms. The van der Waals surface area contributed by atoms with E-state index in [-0.39, 0.29) is 17.5 Å². The molecule has 3 aromatic rings. The molecule has 3 rings (SSSR count). The predicted octanol–water partition coefficient (Wildman–Crippen LogP) is 4.32. The first-order valence-corrected chi connectivity index (χ1v) is 8.68. The summed E-state index contributed by atoms with van der Waals surface area (Å²) >= 11 is 1.27. The molecule has 0 spiro atoms. The van der Waals surface area contributed by atoms with Crippen LogP contribution in [-0.4, -0.2) is 21.6 Å². The van der Waals surface area contributed by atoms with Gasteiger partial charge in [-0.05, 0) is 37.3 Å². The summed E-state index contributed by atoms with van der Waals surface area (Å²) in [6, 6.07) is 17.4. The van der Waals surface area contributed by atoms with Gasteiger partial charge in [0, 0.05) is 16.9 Å². The zero-order valence-electron chi connectivity index (χ0n) is 13.6. The van der Waals surface area contributed by atoms with Gasteiger partial charge >= 0.3 is 0 Å². The number of rotatable bonds is 5. The monoisotopic (exact) mass is 353 g/mol. The second kappa shape index (κ2) is 7.90. The molecule has 4 nitrogen and oxygen atoms in total. The van der Waals surface area contributed by atoms with Crippen molar-refractivity contribution in [2.45, 2.75) is 12.1 Å². The van der Waals surface area contributed by atoms with Gasteiger partial charge in [-0.1, -0.05) is 42.1 Å². The molecule has 0 bridgehead atoms. The number of anilines is 1. The third-order valence-electron chi connectivity index (χ3n) is 3.36. The second-order valence-corrected chi connectivity index (χ2v) is 6.33. The molecule has 126 valence electrons. The zero-order valence-corrected chi connectivity index (χ0v) is 14.4. The van der Waals surface area contributed by atoms with Crippen LogP contribution in [0.3, 0.4) is 0 Å². The van der Waals surface area contributed by atoms with Crippen molar-refractivity contribution in [2.75, 3.05) is 11.1 Å². The minimum Gasteiger partial charge on any atom is -0.325 e. The van der Waals surface area contributed by atoms with Crippen LogP contribution in [0.1, 0.15) is 5.69 Å². The van der Waals surface area contributed by atoms with Gasteiger partial charge in [-0.15, -0.1) is 0 Å². The first kappa shape index (κ1) is 17.1. The third-order valence-corrected chi connectivity index (χ3v) is 4.21. The number of benzene rings is 2. The van der Waals surface area contributed by atoms with E-state index in [1.165, 1.54) is 36.0 Å². The highest BCUT2D eigenvalue weighted by molar-refractivity contribution is 7.99. The molecule has 0 fully saturated rings. The minimum atomic E-state index is -0.339. The van der Waals surface area contributed by atoms with Gasteiger partial charge in [-0.3, -0.25) is 4.79 Å². The van der Waals surface area contributed by atoms with E-state index < -0.39 is 0 Å². The number of aryl methyl sites for hydroxylation is 1. The van der Waals surface area contributed by atoms with Crippen LogP contribution >= 0.6 is 11.8 Å². The summed E-state index contributed by atoms with van der Waals surface area (Å²) in [6.45, 7) is 1.90.